The molecule has 0 radical (unpaired) electrons. The number of nitrogens with one attached hydrogen (secondary N) is 1. The van der Waals surface area contributed by atoms with Crippen molar-refractivity contribution < 1.29 is 17.7 Å². The second-order valence-corrected chi connectivity index (χ2v) is 11.2. The number of nitrogens with zero attached hydrogens (tertiary/aromatic N) is 3. The van der Waals surface area contributed by atoms with Crippen LogP contribution in [0.5, 0.6) is 0 Å². The first-order valence-corrected chi connectivity index (χ1v) is 13.4. The average molecular weight is 519 g/mol. The Morgan fingerprint density at radius 2 is 1.57 bits per heavy atom. The van der Waals surface area contributed by atoms with Crippen LogP contribution in [0.25, 0.3) is 0 Å². The summed E-state index contributed by atoms with van der Waals surface area (Å²) in [5.41, 5.74) is 3.98. The Balaban J connectivity index is 1.33. The first-order valence-electron chi connectivity index (χ1n) is 12.0. The molecule has 37 heavy (non-hydrogen) atoms. The summed E-state index contributed by atoms with van der Waals surface area (Å²) in [6.45, 7) is 5.90. The minimum atomic E-state index is -3.67. The monoisotopic (exact) mass is 518 g/mol. The van der Waals surface area contributed by atoms with Crippen LogP contribution in [0, 0.1) is 6.92 Å². The van der Waals surface area contributed by atoms with Crippen molar-refractivity contribution in [1.82, 2.24) is 10.1 Å². The highest BCUT2D eigenvalue weighted by Crippen LogP contribution is 2.23. The summed E-state index contributed by atoms with van der Waals surface area (Å²) >= 11 is 0. The van der Waals surface area contributed by atoms with Crippen molar-refractivity contribution in [3.63, 3.8) is 0 Å². The quantitative estimate of drug-likeness (QED) is 0.331. The predicted molar refractivity (Wildman–Crippen MR) is 143 cm³/mol. The number of benzene rings is 3. The number of aromatic nitrogens is 2. The van der Waals surface area contributed by atoms with Gasteiger partial charge in [0.05, 0.1) is 17.0 Å². The molecule has 0 unspecified atom stereocenters. The molecule has 3 aromatic carbocycles. The minimum absolute atomic E-state index is 0.164. The van der Waals surface area contributed by atoms with Gasteiger partial charge in [-0.15, -0.1) is 0 Å². The number of carbonyl (C=O) groups is 1. The van der Waals surface area contributed by atoms with E-state index in [1.165, 1.54) is 11.4 Å². The second kappa shape index (κ2) is 11.0. The maximum Gasteiger partial charge on any atom is 0.264 e. The normalized spacial score (nSPS) is 11.5. The van der Waals surface area contributed by atoms with Crippen molar-refractivity contribution in [1.29, 1.82) is 0 Å². The van der Waals surface area contributed by atoms with Crippen LogP contribution in [0.15, 0.2) is 82.2 Å². The van der Waals surface area contributed by atoms with E-state index in [9.17, 15) is 13.2 Å². The fraction of sp³-hybridized carbons (Fsp3) is 0.250. The zero-order chi connectivity index (χ0) is 26.6. The summed E-state index contributed by atoms with van der Waals surface area (Å²) in [5.74, 6) is 1.26. The first kappa shape index (κ1) is 26.1. The fourth-order valence-corrected chi connectivity index (χ4v) is 4.88. The van der Waals surface area contributed by atoms with Crippen LogP contribution in [0.4, 0.5) is 11.4 Å². The molecule has 0 spiro atoms. The zero-order valence-corrected chi connectivity index (χ0v) is 22.1. The SMILES string of the molecule is Cc1ccc(S(=O)(=O)N(C)c2ccc(CC(=O)Nc3ccc(Cc4noc(C(C)C)n4)cc3)cc2)cc1. The molecule has 1 N–H and O–H groups in total. The Morgan fingerprint density at radius 3 is 2.16 bits per heavy atom. The molecule has 0 bridgehead atoms. The average Bonchev–Trinajstić information content (AvgIpc) is 3.34. The zero-order valence-electron chi connectivity index (χ0n) is 21.3. The van der Waals surface area contributed by atoms with Gasteiger partial charge in [0.25, 0.3) is 10.0 Å². The Bertz CT molecular complexity index is 1460. The Hall–Kier alpha value is -3.98. The molecule has 0 aliphatic rings. The molecule has 4 aromatic rings. The van der Waals surface area contributed by atoms with Crippen LogP contribution in [0.1, 0.15) is 48.2 Å². The molecule has 4 rings (SSSR count). The lowest BCUT2D eigenvalue weighted by atomic mass is 10.1. The highest BCUT2D eigenvalue weighted by Gasteiger charge is 2.21. The van der Waals surface area contributed by atoms with E-state index >= 15 is 0 Å². The van der Waals surface area contributed by atoms with Crippen molar-refractivity contribution in [3.05, 3.63) is 101 Å². The van der Waals surface area contributed by atoms with Crippen LogP contribution >= 0.6 is 0 Å². The number of carbonyl (C=O) groups excluding carboxylic acids is 1. The number of hydrogen-bond acceptors (Lipinski definition) is 6. The van der Waals surface area contributed by atoms with Gasteiger partial charge in [0.15, 0.2) is 5.82 Å². The lowest BCUT2D eigenvalue weighted by Crippen LogP contribution is -2.26. The van der Waals surface area contributed by atoms with Gasteiger partial charge in [0.1, 0.15) is 0 Å². The lowest BCUT2D eigenvalue weighted by Gasteiger charge is -2.20. The maximum absolute atomic E-state index is 12.9. The van der Waals surface area contributed by atoms with Gasteiger partial charge < -0.3 is 9.84 Å². The molecule has 0 aliphatic heterocycles. The van der Waals surface area contributed by atoms with E-state index in [0.29, 0.717) is 29.5 Å². The van der Waals surface area contributed by atoms with E-state index in [0.717, 1.165) is 16.7 Å². The molecule has 9 heteroatoms. The number of amides is 1. The van der Waals surface area contributed by atoms with E-state index in [2.05, 4.69) is 15.5 Å². The van der Waals surface area contributed by atoms with Crippen molar-refractivity contribution in [3.8, 4) is 0 Å². The fourth-order valence-electron chi connectivity index (χ4n) is 3.68. The van der Waals surface area contributed by atoms with Crippen LogP contribution in [0.2, 0.25) is 0 Å². The van der Waals surface area contributed by atoms with E-state index in [1.807, 2.05) is 45.0 Å². The van der Waals surface area contributed by atoms with Gasteiger partial charge >= 0.3 is 0 Å². The summed E-state index contributed by atoms with van der Waals surface area (Å²) in [6, 6.07) is 21.2. The highest BCUT2D eigenvalue weighted by molar-refractivity contribution is 7.92. The first-order chi connectivity index (χ1) is 17.6. The molecule has 192 valence electrons. The maximum atomic E-state index is 12.9. The summed E-state index contributed by atoms with van der Waals surface area (Å²) < 4.78 is 32.3. The predicted octanol–water partition coefficient (Wildman–Crippen LogP) is 5.10. The second-order valence-electron chi connectivity index (χ2n) is 9.25. The topological polar surface area (TPSA) is 105 Å². The van der Waals surface area contributed by atoms with Crippen LogP contribution in [-0.2, 0) is 27.7 Å². The van der Waals surface area contributed by atoms with E-state index < -0.39 is 10.0 Å². The smallest absolute Gasteiger partial charge is 0.264 e. The van der Waals surface area contributed by atoms with E-state index in [-0.39, 0.29) is 23.1 Å². The number of sulfonamides is 1. The standard InChI is InChI=1S/C28H30N4O4S/c1-19(2)28-30-26(31-36-28)17-21-7-11-23(12-8-21)29-27(33)18-22-9-13-24(14-10-22)32(4)37(34,35)25-15-5-20(3)6-16-25/h5-16,19H,17-18H2,1-4H3,(H,29,33). The lowest BCUT2D eigenvalue weighted by molar-refractivity contribution is -0.115. The van der Waals surface area contributed by atoms with Crippen molar-refractivity contribution in [2.75, 3.05) is 16.7 Å². The van der Waals surface area contributed by atoms with Gasteiger partial charge in [-0.05, 0) is 54.4 Å². The minimum Gasteiger partial charge on any atom is -0.339 e. The van der Waals surface area contributed by atoms with E-state index in [1.54, 1.807) is 48.5 Å². The summed E-state index contributed by atoms with van der Waals surface area (Å²) in [4.78, 5) is 17.2. The molecule has 0 saturated heterocycles. The third-order valence-electron chi connectivity index (χ3n) is 5.92. The van der Waals surface area contributed by atoms with Crippen LogP contribution < -0.4 is 9.62 Å². The number of anilines is 2. The Labute approximate surface area is 217 Å². The third kappa shape index (κ3) is 6.42. The van der Waals surface area contributed by atoms with Gasteiger partial charge in [-0.2, -0.15) is 4.98 Å². The summed E-state index contributed by atoms with van der Waals surface area (Å²) in [7, 11) is -2.15. The number of hydrogen-bond donors (Lipinski definition) is 1. The molecule has 1 heterocycles. The van der Waals surface area contributed by atoms with Gasteiger partial charge in [0.2, 0.25) is 11.8 Å². The number of aryl methyl sites for hydroxylation is 1. The molecular formula is C28H30N4O4S. The van der Waals surface area contributed by atoms with Gasteiger partial charge in [-0.25, -0.2) is 8.42 Å². The van der Waals surface area contributed by atoms with Gasteiger partial charge in [0, 0.05) is 25.1 Å². The molecule has 0 saturated carbocycles. The molecular weight excluding hydrogens is 488 g/mol. The summed E-state index contributed by atoms with van der Waals surface area (Å²) in [6.07, 6.45) is 0.710. The van der Waals surface area contributed by atoms with Crippen LogP contribution in [-0.4, -0.2) is 31.5 Å². The van der Waals surface area contributed by atoms with Gasteiger partial charge in [-0.3, -0.25) is 9.10 Å². The summed E-state index contributed by atoms with van der Waals surface area (Å²) in [5, 5.41) is 6.90. The van der Waals surface area contributed by atoms with E-state index in [4.69, 9.17) is 4.52 Å². The molecule has 1 aromatic heterocycles. The van der Waals surface area contributed by atoms with Gasteiger partial charge in [-0.1, -0.05) is 61.0 Å². The molecule has 0 aliphatic carbocycles. The highest BCUT2D eigenvalue weighted by atomic mass is 32.2. The molecule has 0 atom stereocenters. The van der Waals surface area contributed by atoms with Crippen molar-refractivity contribution in [2.24, 2.45) is 0 Å². The Morgan fingerprint density at radius 1 is 0.946 bits per heavy atom. The third-order valence-corrected chi connectivity index (χ3v) is 7.72. The number of rotatable bonds is 9. The molecule has 8 nitrogen and oxygen atoms in total. The van der Waals surface area contributed by atoms with Crippen molar-refractivity contribution >= 4 is 27.3 Å². The van der Waals surface area contributed by atoms with Crippen LogP contribution in [0.3, 0.4) is 0 Å². The molecule has 1 amide bonds. The van der Waals surface area contributed by atoms with Crippen molar-refractivity contribution in [2.45, 2.75) is 44.4 Å². The Kier molecular flexibility index (Phi) is 7.73. The largest absolute Gasteiger partial charge is 0.339 e. The molecule has 0 fully saturated rings.